The highest BCUT2D eigenvalue weighted by atomic mass is 16.2. The van der Waals surface area contributed by atoms with Crippen molar-refractivity contribution in [1.82, 2.24) is 25.4 Å². The van der Waals surface area contributed by atoms with Crippen LogP contribution in [0.25, 0.3) is 0 Å². The molecule has 0 bridgehead atoms. The van der Waals surface area contributed by atoms with Crippen LogP contribution in [0.2, 0.25) is 0 Å². The van der Waals surface area contributed by atoms with Crippen LogP contribution in [0.3, 0.4) is 0 Å². The minimum Gasteiger partial charge on any atom is -0.358 e. The van der Waals surface area contributed by atoms with Crippen molar-refractivity contribution in [2.45, 2.75) is 6.54 Å². The van der Waals surface area contributed by atoms with E-state index in [1.54, 1.807) is 18.3 Å². The Balaban J connectivity index is 2.11. The lowest BCUT2D eigenvalue weighted by Crippen LogP contribution is -2.26. The highest BCUT2D eigenvalue weighted by Gasteiger charge is 2.01. The lowest BCUT2D eigenvalue weighted by atomic mass is 10.4. The minimum atomic E-state index is -0.643. The maximum absolute atomic E-state index is 11.2. The van der Waals surface area contributed by atoms with E-state index in [-0.39, 0.29) is 5.82 Å². The molecule has 0 atom stereocenters. The Morgan fingerprint density at radius 1 is 1.38 bits per heavy atom. The molecule has 0 saturated heterocycles. The number of aromatic nitrogens is 5. The Hall–Kier alpha value is -2.51. The molecule has 0 aliphatic carbocycles. The molecule has 0 unspecified atom stereocenters. The van der Waals surface area contributed by atoms with Gasteiger partial charge in [-0.1, -0.05) is 0 Å². The Morgan fingerprint density at radius 3 is 2.94 bits per heavy atom. The molecule has 2 aromatic heterocycles. The second kappa shape index (κ2) is 4.34. The van der Waals surface area contributed by atoms with Gasteiger partial charge in [0.05, 0.1) is 12.2 Å². The standard InChI is InChI=1S/C8H8N6O2/c15-7-6(13-14-8(16)11-7)9-4-5-2-1-3-10-12-5/h1-3H,4H2,(H,9,13)(H2,11,14,15,16). The molecule has 8 heteroatoms. The molecule has 0 fully saturated rings. The van der Waals surface area contributed by atoms with Gasteiger partial charge in [0, 0.05) is 6.20 Å². The Kier molecular flexibility index (Phi) is 2.72. The van der Waals surface area contributed by atoms with Crippen LogP contribution in [-0.2, 0) is 6.54 Å². The van der Waals surface area contributed by atoms with Gasteiger partial charge in [-0.2, -0.15) is 10.2 Å². The van der Waals surface area contributed by atoms with E-state index in [0.717, 1.165) is 0 Å². The fourth-order valence-corrected chi connectivity index (χ4v) is 1.07. The van der Waals surface area contributed by atoms with Gasteiger partial charge in [-0.05, 0) is 12.1 Å². The maximum Gasteiger partial charge on any atom is 0.342 e. The smallest absolute Gasteiger partial charge is 0.342 e. The summed E-state index contributed by atoms with van der Waals surface area (Å²) in [6, 6.07) is 3.48. The molecular weight excluding hydrogens is 212 g/mol. The van der Waals surface area contributed by atoms with E-state index in [2.05, 4.69) is 25.7 Å². The number of nitrogens with zero attached hydrogens (tertiary/aromatic N) is 3. The van der Waals surface area contributed by atoms with Crippen LogP contribution in [0.15, 0.2) is 27.9 Å². The molecule has 2 heterocycles. The number of H-pyrrole nitrogens is 2. The molecule has 82 valence electrons. The molecule has 2 aromatic rings. The van der Waals surface area contributed by atoms with Gasteiger partial charge in [0.25, 0.3) is 5.56 Å². The van der Waals surface area contributed by atoms with Crippen LogP contribution < -0.4 is 16.6 Å². The molecule has 0 radical (unpaired) electrons. The first kappa shape index (κ1) is 10.0. The average Bonchev–Trinajstić information content (AvgIpc) is 2.29. The first-order valence-corrected chi connectivity index (χ1v) is 4.45. The number of rotatable bonds is 3. The fraction of sp³-hybridized carbons (Fsp3) is 0.125. The second-order valence-corrected chi connectivity index (χ2v) is 2.92. The van der Waals surface area contributed by atoms with Crippen LogP contribution in [0.4, 0.5) is 5.82 Å². The zero-order valence-corrected chi connectivity index (χ0v) is 8.10. The third-order valence-corrected chi connectivity index (χ3v) is 1.78. The molecule has 0 aromatic carbocycles. The summed E-state index contributed by atoms with van der Waals surface area (Å²) < 4.78 is 0. The average molecular weight is 220 g/mol. The highest BCUT2D eigenvalue weighted by molar-refractivity contribution is 5.29. The summed E-state index contributed by atoms with van der Waals surface area (Å²) in [5.74, 6) is 0.0326. The predicted octanol–water partition coefficient (Wildman–Crippen LogP) is -1.14. The molecular formula is C8H8N6O2. The Morgan fingerprint density at radius 2 is 2.25 bits per heavy atom. The van der Waals surface area contributed by atoms with E-state index in [9.17, 15) is 9.59 Å². The summed E-state index contributed by atoms with van der Waals surface area (Å²) in [6.07, 6.45) is 1.55. The van der Waals surface area contributed by atoms with Crippen molar-refractivity contribution >= 4 is 5.82 Å². The molecule has 16 heavy (non-hydrogen) atoms. The van der Waals surface area contributed by atoms with Crippen molar-refractivity contribution in [1.29, 1.82) is 0 Å². The van der Waals surface area contributed by atoms with Crippen LogP contribution >= 0.6 is 0 Å². The molecule has 0 spiro atoms. The SMILES string of the molecule is O=c1[nH]nc(NCc2cccnn2)c(=O)[nH]1. The van der Waals surface area contributed by atoms with Crippen LogP contribution in [0.5, 0.6) is 0 Å². The Bertz CT molecular complexity index is 575. The number of nitrogens with one attached hydrogen (secondary N) is 3. The van der Waals surface area contributed by atoms with E-state index >= 15 is 0 Å². The van der Waals surface area contributed by atoms with Crippen molar-refractivity contribution in [3.8, 4) is 0 Å². The monoisotopic (exact) mass is 220 g/mol. The number of aromatic amines is 2. The molecule has 3 N–H and O–H groups in total. The van der Waals surface area contributed by atoms with Gasteiger partial charge in [0.15, 0.2) is 0 Å². The molecule has 8 nitrogen and oxygen atoms in total. The molecule has 2 rings (SSSR count). The molecule has 0 aliphatic heterocycles. The van der Waals surface area contributed by atoms with Crippen molar-refractivity contribution < 1.29 is 0 Å². The van der Waals surface area contributed by atoms with Gasteiger partial charge in [0.1, 0.15) is 0 Å². The van der Waals surface area contributed by atoms with Crippen molar-refractivity contribution in [2.24, 2.45) is 0 Å². The summed E-state index contributed by atoms with van der Waals surface area (Å²) in [4.78, 5) is 24.0. The van der Waals surface area contributed by atoms with E-state index in [0.29, 0.717) is 12.2 Å². The van der Waals surface area contributed by atoms with Crippen molar-refractivity contribution in [2.75, 3.05) is 5.32 Å². The Labute approximate surface area is 88.8 Å². The third-order valence-electron chi connectivity index (χ3n) is 1.78. The maximum atomic E-state index is 11.2. The summed E-state index contributed by atoms with van der Waals surface area (Å²) >= 11 is 0. The van der Waals surface area contributed by atoms with Gasteiger partial charge in [0.2, 0.25) is 5.82 Å². The van der Waals surface area contributed by atoms with E-state index in [1.807, 2.05) is 4.98 Å². The highest BCUT2D eigenvalue weighted by Crippen LogP contribution is 1.94. The zero-order chi connectivity index (χ0) is 11.4. The first-order chi connectivity index (χ1) is 7.75. The van der Waals surface area contributed by atoms with Crippen molar-refractivity contribution in [3.05, 3.63) is 44.9 Å². The number of anilines is 1. The molecule has 0 saturated carbocycles. The van der Waals surface area contributed by atoms with Gasteiger partial charge in [-0.25, -0.2) is 9.89 Å². The summed E-state index contributed by atoms with van der Waals surface area (Å²) in [7, 11) is 0. The van der Waals surface area contributed by atoms with Crippen LogP contribution in [-0.4, -0.2) is 25.4 Å². The summed E-state index contributed by atoms with van der Waals surface area (Å²) in [5.41, 5.74) is -0.558. The van der Waals surface area contributed by atoms with Gasteiger partial charge in [-0.15, -0.1) is 5.10 Å². The fourth-order valence-electron chi connectivity index (χ4n) is 1.07. The molecule has 0 amide bonds. The van der Waals surface area contributed by atoms with Crippen LogP contribution in [0.1, 0.15) is 5.69 Å². The topological polar surface area (TPSA) is 116 Å². The van der Waals surface area contributed by atoms with Gasteiger partial charge < -0.3 is 5.32 Å². The number of hydrogen-bond donors (Lipinski definition) is 3. The van der Waals surface area contributed by atoms with Gasteiger partial charge in [-0.3, -0.25) is 9.78 Å². The quantitative estimate of drug-likeness (QED) is 0.602. The summed E-state index contributed by atoms with van der Waals surface area (Å²) in [6.45, 7) is 0.302. The second-order valence-electron chi connectivity index (χ2n) is 2.92. The minimum absolute atomic E-state index is 0.0326. The largest absolute Gasteiger partial charge is 0.358 e. The molecule has 0 aliphatic rings. The predicted molar refractivity (Wildman–Crippen MR) is 54.8 cm³/mol. The normalized spacial score (nSPS) is 10.0. The lowest BCUT2D eigenvalue weighted by molar-refractivity contribution is 0.866. The van der Waals surface area contributed by atoms with E-state index < -0.39 is 11.2 Å². The first-order valence-electron chi connectivity index (χ1n) is 4.45. The lowest BCUT2D eigenvalue weighted by Gasteiger charge is -2.01. The summed E-state index contributed by atoms with van der Waals surface area (Å²) in [5, 5.41) is 15.9. The zero-order valence-electron chi connectivity index (χ0n) is 8.10. The van der Waals surface area contributed by atoms with E-state index in [4.69, 9.17) is 0 Å². The van der Waals surface area contributed by atoms with Crippen molar-refractivity contribution in [3.63, 3.8) is 0 Å². The van der Waals surface area contributed by atoms with Gasteiger partial charge >= 0.3 is 5.69 Å². The third kappa shape index (κ3) is 2.29. The van der Waals surface area contributed by atoms with Crippen LogP contribution in [0, 0.1) is 0 Å². The van der Waals surface area contributed by atoms with E-state index in [1.165, 1.54) is 0 Å². The number of hydrogen-bond acceptors (Lipinski definition) is 6.